The summed E-state index contributed by atoms with van der Waals surface area (Å²) in [6, 6.07) is 24.4. The molecule has 0 bridgehead atoms. The number of benzene rings is 3. The summed E-state index contributed by atoms with van der Waals surface area (Å²) in [6.07, 6.45) is 0.883. The molecule has 7 nitrogen and oxygen atoms in total. The number of hydrogen-bond donors (Lipinski definition) is 2. The number of amidine groups is 1. The van der Waals surface area contributed by atoms with Gasteiger partial charge in [0.25, 0.3) is 0 Å². The number of rotatable bonds is 7. The molecule has 7 heteroatoms. The molecule has 3 aromatic carbocycles. The van der Waals surface area contributed by atoms with Crippen LogP contribution in [-0.2, 0) is 20.7 Å². The van der Waals surface area contributed by atoms with Crippen LogP contribution in [0, 0.1) is 5.41 Å². The third kappa shape index (κ3) is 5.04. The van der Waals surface area contributed by atoms with Crippen molar-refractivity contribution >= 4 is 34.8 Å². The molecule has 1 heterocycles. The number of anilines is 1. The van der Waals surface area contributed by atoms with E-state index in [4.69, 9.17) is 20.9 Å². The Bertz CT molecular complexity index is 1220. The second-order valence-corrected chi connectivity index (χ2v) is 8.07. The predicted molar refractivity (Wildman–Crippen MR) is 133 cm³/mol. The molecule has 1 aliphatic rings. The number of para-hydroxylation sites is 1. The number of ether oxygens (including phenoxy) is 1. The molecule has 0 saturated carbocycles. The first-order valence-electron chi connectivity index (χ1n) is 11.0. The van der Waals surface area contributed by atoms with Gasteiger partial charge in [-0.05, 0) is 53.9 Å². The van der Waals surface area contributed by atoms with Crippen molar-refractivity contribution in [3.05, 3.63) is 95.6 Å². The van der Waals surface area contributed by atoms with Crippen LogP contribution in [0.4, 0.5) is 11.4 Å². The molecule has 34 heavy (non-hydrogen) atoms. The normalized spacial score (nSPS) is 16.6. The number of carbonyl (C=O) groups is 2. The molecule has 0 radical (unpaired) electrons. The van der Waals surface area contributed by atoms with E-state index in [2.05, 4.69) is 0 Å². The van der Waals surface area contributed by atoms with Gasteiger partial charge in [-0.1, -0.05) is 42.5 Å². The van der Waals surface area contributed by atoms with Crippen molar-refractivity contribution in [2.24, 2.45) is 10.7 Å². The number of aryl methyl sites for hydroxylation is 1. The maximum Gasteiger partial charge on any atom is 0.305 e. The highest BCUT2D eigenvalue weighted by Crippen LogP contribution is 2.32. The van der Waals surface area contributed by atoms with Crippen LogP contribution in [0.5, 0.6) is 0 Å². The third-order valence-electron chi connectivity index (χ3n) is 5.84. The molecule has 0 spiro atoms. The fourth-order valence-electron chi connectivity index (χ4n) is 4.00. The first kappa shape index (κ1) is 22.9. The average Bonchev–Trinajstić information content (AvgIpc) is 3.18. The maximum atomic E-state index is 13.6. The number of nitrogen functional groups attached to an aromatic ring is 1. The highest BCUT2D eigenvalue weighted by molar-refractivity contribution is 6.23. The van der Waals surface area contributed by atoms with Crippen LogP contribution in [0.1, 0.15) is 29.0 Å². The minimum absolute atomic E-state index is 0.0178. The van der Waals surface area contributed by atoms with Crippen molar-refractivity contribution in [1.82, 2.24) is 0 Å². The van der Waals surface area contributed by atoms with E-state index in [-0.39, 0.29) is 17.7 Å². The summed E-state index contributed by atoms with van der Waals surface area (Å²) in [5, 5.41) is 7.59. The smallest absolute Gasteiger partial charge is 0.305 e. The molecule has 1 saturated heterocycles. The first-order chi connectivity index (χ1) is 16.5. The second kappa shape index (κ2) is 10.1. The topological polar surface area (TPSA) is 109 Å². The van der Waals surface area contributed by atoms with Crippen LogP contribution >= 0.6 is 0 Å². The molecular weight excluding hydrogens is 428 g/mol. The van der Waals surface area contributed by atoms with Gasteiger partial charge < -0.3 is 15.4 Å². The zero-order chi connectivity index (χ0) is 24.1. The van der Waals surface area contributed by atoms with Crippen LogP contribution < -0.4 is 10.6 Å². The zero-order valence-electron chi connectivity index (χ0n) is 18.9. The Hall–Kier alpha value is -4.26. The van der Waals surface area contributed by atoms with Crippen LogP contribution in [0.3, 0.4) is 0 Å². The molecule has 0 aliphatic carbocycles. The number of nitrogens with two attached hydrogens (primary N) is 1. The van der Waals surface area contributed by atoms with Gasteiger partial charge in [-0.3, -0.25) is 20.0 Å². The van der Waals surface area contributed by atoms with Gasteiger partial charge in [0.1, 0.15) is 11.8 Å². The van der Waals surface area contributed by atoms with E-state index in [1.54, 1.807) is 29.2 Å². The average molecular weight is 455 g/mol. The number of hydrogen-bond acceptors (Lipinski definition) is 5. The molecule has 3 N–H and O–H groups in total. The molecule has 1 fully saturated rings. The Kier molecular flexibility index (Phi) is 6.82. The number of nitrogens with zero attached hydrogens (tertiary/aromatic N) is 2. The summed E-state index contributed by atoms with van der Waals surface area (Å²) in [6.45, 7) is 0.363. The molecule has 0 aromatic heterocycles. The molecule has 3 aromatic rings. The summed E-state index contributed by atoms with van der Waals surface area (Å²) >= 11 is 0. The monoisotopic (exact) mass is 454 g/mol. The minimum Gasteiger partial charge on any atom is -0.469 e. The first-order valence-corrected chi connectivity index (χ1v) is 11.0. The van der Waals surface area contributed by atoms with Crippen molar-refractivity contribution in [2.75, 3.05) is 18.6 Å². The van der Waals surface area contributed by atoms with E-state index in [0.29, 0.717) is 24.9 Å². The standard InChI is InChI=1S/C27H26N4O3/c1-34-24(32)16-9-18-7-10-19(11-8-18)25-23(30-21-5-3-2-4-6-21)17-31(27(25)33)22-14-12-20(13-15-22)26(28)29/h2-8,10-15,25H,9,16-17H2,1H3,(H3,28,29). The zero-order valence-corrected chi connectivity index (χ0v) is 18.9. The Balaban J connectivity index is 1.65. The van der Waals surface area contributed by atoms with Crippen LogP contribution in [0.15, 0.2) is 83.9 Å². The van der Waals surface area contributed by atoms with E-state index < -0.39 is 5.92 Å². The van der Waals surface area contributed by atoms with E-state index >= 15 is 0 Å². The number of nitrogens with one attached hydrogen (secondary N) is 1. The van der Waals surface area contributed by atoms with Crippen molar-refractivity contribution in [1.29, 1.82) is 5.41 Å². The van der Waals surface area contributed by atoms with E-state index in [0.717, 1.165) is 28.2 Å². The number of aliphatic imine (C=N–C) groups is 1. The van der Waals surface area contributed by atoms with Crippen LogP contribution in [-0.4, -0.2) is 37.1 Å². The maximum absolute atomic E-state index is 13.6. The third-order valence-corrected chi connectivity index (χ3v) is 5.84. The summed E-state index contributed by atoms with van der Waals surface area (Å²) in [7, 11) is 1.38. The van der Waals surface area contributed by atoms with Gasteiger partial charge in [-0.25, -0.2) is 0 Å². The Morgan fingerprint density at radius 2 is 1.74 bits per heavy atom. The highest BCUT2D eigenvalue weighted by atomic mass is 16.5. The molecule has 172 valence electrons. The lowest BCUT2D eigenvalue weighted by Crippen LogP contribution is -2.26. The number of carbonyl (C=O) groups excluding carboxylic acids is 2. The molecule has 1 amide bonds. The molecule has 1 aliphatic heterocycles. The van der Waals surface area contributed by atoms with Gasteiger partial charge in [0.15, 0.2) is 0 Å². The fraction of sp³-hybridized carbons (Fsp3) is 0.185. The minimum atomic E-state index is -0.512. The van der Waals surface area contributed by atoms with Crippen molar-refractivity contribution in [3.63, 3.8) is 0 Å². The number of methoxy groups -OCH3 is 1. The SMILES string of the molecule is COC(=O)CCc1ccc(C2C(=O)N(c3ccc(C(=N)N)cc3)CC2=Nc2ccccc2)cc1. The number of amides is 1. The fourth-order valence-corrected chi connectivity index (χ4v) is 4.00. The van der Waals surface area contributed by atoms with Gasteiger partial charge in [-0.2, -0.15) is 0 Å². The van der Waals surface area contributed by atoms with Gasteiger partial charge in [0.2, 0.25) is 5.91 Å². The predicted octanol–water partition coefficient (Wildman–Crippen LogP) is 3.98. The van der Waals surface area contributed by atoms with Crippen LogP contribution in [0.25, 0.3) is 0 Å². The van der Waals surface area contributed by atoms with E-state index in [1.165, 1.54) is 7.11 Å². The Morgan fingerprint density at radius 1 is 1.06 bits per heavy atom. The van der Waals surface area contributed by atoms with E-state index in [1.807, 2.05) is 54.6 Å². The summed E-state index contributed by atoms with van der Waals surface area (Å²) < 4.78 is 4.71. The summed E-state index contributed by atoms with van der Waals surface area (Å²) in [5.41, 5.74) is 10.3. The lowest BCUT2D eigenvalue weighted by Gasteiger charge is -2.16. The van der Waals surface area contributed by atoms with Crippen LogP contribution in [0.2, 0.25) is 0 Å². The number of esters is 1. The van der Waals surface area contributed by atoms with Gasteiger partial charge >= 0.3 is 5.97 Å². The lowest BCUT2D eigenvalue weighted by molar-refractivity contribution is -0.140. The van der Waals surface area contributed by atoms with E-state index in [9.17, 15) is 9.59 Å². The summed E-state index contributed by atoms with van der Waals surface area (Å²) in [5.74, 6) is -0.843. The quantitative estimate of drug-likeness (QED) is 0.320. The largest absolute Gasteiger partial charge is 0.469 e. The Morgan fingerprint density at radius 3 is 2.35 bits per heavy atom. The molecular formula is C27H26N4O3. The van der Waals surface area contributed by atoms with Gasteiger partial charge in [-0.15, -0.1) is 0 Å². The molecule has 4 rings (SSSR count). The summed E-state index contributed by atoms with van der Waals surface area (Å²) in [4.78, 5) is 31.6. The lowest BCUT2D eigenvalue weighted by atomic mass is 9.94. The van der Waals surface area contributed by atoms with Gasteiger partial charge in [0.05, 0.1) is 25.1 Å². The molecule has 1 atom stereocenters. The second-order valence-electron chi connectivity index (χ2n) is 8.07. The van der Waals surface area contributed by atoms with Crippen molar-refractivity contribution in [3.8, 4) is 0 Å². The Labute approximate surface area is 198 Å². The van der Waals surface area contributed by atoms with Gasteiger partial charge in [0, 0.05) is 17.7 Å². The molecule has 1 unspecified atom stereocenters. The van der Waals surface area contributed by atoms with Crippen molar-refractivity contribution < 1.29 is 14.3 Å². The highest BCUT2D eigenvalue weighted by Gasteiger charge is 2.39. The van der Waals surface area contributed by atoms with Crippen molar-refractivity contribution in [2.45, 2.75) is 18.8 Å².